The van der Waals surface area contributed by atoms with E-state index in [0.717, 1.165) is 16.5 Å². The molecule has 0 bridgehead atoms. The van der Waals surface area contributed by atoms with Gasteiger partial charge in [0, 0.05) is 6.42 Å². The highest BCUT2D eigenvalue weighted by Gasteiger charge is 2.39. The van der Waals surface area contributed by atoms with Gasteiger partial charge in [0.25, 0.3) is 0 Å². The van der Waals surface area contributed by atoms with Crippen LogP contribution in [0.3, 0.4) is 0 Å². The second-order valence-corrected chi connectivity index (χ2v) is 6.98. The minimum atomic E-state index is -0.556. The van der Waals surface area contributed by atoms with Crippen molar-refractivity contribution >= 4 is 22.8 Å². The number of nitrogens with zero attached hydrogens (tertiary/aromatic N) is 1. The van der Waals surface area contributed by atoms with E-state index in [4.69, 9.17) is 4.74 Å². The summed E-state index contributed by atoms with van der Waals surface area (Å²) in [5.74, 6) is -0.195. The number of ether oxygens (including phenoxy) is 1. The quantitative estimate of drug-likeness (QED) is 0.654. The zero-order valence-electron chi connectivity index (χ0n) is 15.2. The topological polar surface area (TPSA) is 46.6 Å². The molecule has 1 fully saturated rings. The summed E-state index contributed by atoms with van der Waals surface area (Å²) in [6, 6.07) is 23.6. The van der Waals surface area contributed by atoms with Crippen LogP contribution in [0.1, 0.15) is 36.4 Å². The van der Waals surface area contributed by atoms with Crippen molar-refractivity contribution in [3.05, 3.63) is 83.9 Å². The molecule has 0 N–H and O–H groups in total. The first-order valence-electron chi connectivity index (χ1n) is 9.16. The SMILES string of the molecule is C[C@@H](CC(=O)N1C(=O)OC[C@H]1c1ccccc1)c1ccc2ccccc2c1. The minimum Gasteiger partial charge on any atom is -0.446 e. The van der Waals surface area contributed by atoms with Crippen molar-refractivity contribution in [2.24, 2.45) is 0 Å². The van der Waals surface area contributed by atoms with Crippen LogP contribution in [-0.4, -0.2) is 23.5 Å². The van der Waals surface area contributed by atoms with Crippen LogP contribution in [0.15, 0.2) is 72.8 Å². The Bertz CT molecular complexity index is 983. The second kappa shape index (κ2) is 7.23. The number of imide groups is 1. The summed E-state index contributed by atoms with van der Waals surface area (Å²) in [6.07, 6.45) is -0.295. The fourth-order valence-electron chi connectivity index (χ4n) is 3.61. The lowest BCUT2D eigenvalue weighted by Gasteiger charge is -2.22. The molecule has 0 spiro atoms. The van der Waals surface area contributed by atoms with Gasteiger partial charge in [0.05, 0.1) is 0 Å². The van der Waals surface area contributed by atoms with Gasteiger partial charge in [0.2, 0.25) is 5.91 Å². The normalized spacial score (nSPS) is 17.7. The highest BCUT2D eigenvalue weighted by atomic mass is 16.6. The molecule has 0 radical (unpaired) electrons. The van der Waals surface area contributed by atoms with E-state index in [1.807, 2.05) is 49.4 Å². The Morgan fingerprint density at radius 1 is 1.04 bits per heavy atom. The van der Waals surface area contributed by atoms with Gasteiger partial charge in [0.15, 0.2) is 0 Å². The Morgan fingerprint density at radius 2 is 1.74 bits per heavy atom. The average molecular weight is 359 g/mol. The summed E-state index contributed by atoms with van der Waals surface area (Å²) in [5, 5.41) is 2.32. The van der Waals surface area contributed by atoms with Crippen LogP contribution in [0.5, 0.6) is 0 Å². The molecule has 4 rings (SSSR count). The van der Waals surface area contributed by atoms with Crippen molar-refractivity contribution in [3.8, 4) is 0 Å². The first-order chi connectivity index (χ1) is 13.1. The van der Waals surface area contributed by atoms with E-state index in [2.05, 4.69) is 30.3 Å². The third-order valence-corrected chi connectivity index (χ3v) is 5.15. The van der Waals surface area contributed by atoms with Gasteiger partial charge in [-0.1, -0.05) is 79.7 Å². The van der Waals surface area contributed by atoms with Gasteiger partial charge in [-0.15, -0.1) is 0 Å². The molecular formula is C23H21NO3. The third-order valence-electron chi connectivity index (χ3n) is 5.15. The van der Waals surface area contributed by atoms with Crippen LogP contribution in [0.4, 0.5) is 4.79 Å². The van der Waals surface area contributed by atoms with E-state index in [-0.39, 0.29) is 30.9 Å². The molecular weight excluding hydrogens is 338 g/mol. The number of fused-ring (bicyclic) bond motifs is 1. The molecule has 4 nitrogen and oxygen atoms in total. The molecule has 0 unspecified atom stereocenters. The smallest absolute Gasteiger partial charge is 0.417 e. The van der Waals surface area contributed by atoms with E-state index < -0.39 is 6.09 Å². The fraction of sp³-hybridized carbons (Fsp3) is 0.217. The van der Waals surface area contributed by atoms with Gasteiger partial charge in [0.1, 0.15) is 12.6 Å². The highest BCUT2D eigenvalue weighted by molar-refractivity contribution is 5.94. The van der Waals surface area contributed by atoms with Crippen LogP contribution in [0, 0.1) is 0 Å². The maximum Gasteiger partial charge on any atom is 0.417 e. The van der Waals surface area contributed by atoms with Crippen LogP contribution < -0.4 is 0 Å². The zero-order valence-corrected chi connectivity index (χ0v) is 15.2. The maximum atomic E-state index is 12.9. The average Bonchev–Trinajstić information content (AvgIpc) is 3.09. The number of carbonyl (C=O) groups excluding carboxylic acids is 2. The minimum absolute atomic E-state index is 0.00642. The molecule has 1 aliphatic heterocycles. The Morgan fingerprint density at radius 3 is 2.52 bits per heavy atom. The molecule has 27 heavy (non-hydrogen) atoms. The van der Waals surface area contributed by atoms with E-state index in [0.29, 0.717) is 0 Å². The third kappa shape index (κ3) is 3.43. The molecule has 3 aromatic carbocycles. The van der Waals surface area contributed by atoms with Crippen LogP contribution in [-0.2, 0) is 9.53 Å². The first kappa shape index (κ1) is 17.3. The lowest BCUT2D eigenvalue weighted by molar-refractivity contribution is -0.129. The Labute approximate surface area is 158 Å². The molecule has 0 aliphatic carbocycles. The largest absolute Gasteiger partial charge is 0.446 e. The molecule has 0 aromatic heterocycles. The van der Waals surface area contributed by atoms with Gasteiger partial charge >= 0.3 is 6.09 Å². The van der Waals surface area contributed by atoms with Crippen molar-refractivity contribution in [1.29, 1.82) is 0 Å². The lowest BCUT2D eigenvalue weighted by atomic mass is 9.94. The summed E-state index contributed by atoms with van der Waals surface area (Å²) in [4.78, 5) is 26.4. The Balaban J connectivity index is 1.53. The maximum absolute atomic E-state index is 12.9. The second-order valence-electron chi connectivity index (χ2n) is 6.98. The molecule has 1 aliphatic rings. The van der Waals surface area contributed by atoms with Crippen molar-refractivity contribution in [2.75, 3.05) is 6.61 Å². The number of amides is 2. The molecule has 3 aromatic rings. The standard InChI is InChI=1S/C23H21NO3/c1-16(19-12-11-17-7-5-6-10-20(17)14-19)13-22(25)24-21(15-27-23(24)26)18-8-3-2-4-9-18/h2-12,14,16,21H,13,15H2,1H3/t16-,21-/m0/s1. The zero-order chi connectivity index (χ0) is 18.8. The number of cyclic esters (lactones) is 1. The number of carbonyl (C=O) groups is 2. The van der Waals surface area contributed by atoms with Crippen molar-refractivity contribution < 1.29 is 14.3 Å². The Kier molecular flexibility index (Phi) is 4.63. The fourth-order valence-corrected chi connectivity index (χ4v) is 3.61. The van der Waals surface area contributed by atoms with Crippen LogP contribution in [0.25, 0.3) is 10.8 Å². The predicted molar refractivity (Wildman–Crippen MR) is 104 cm³/mol. The summed E-state index contributed by atoms with van der Waals surface area (Å²) < 4.78 is 5.16. The van der Waals surface area contributed by atoms with Crippen molar-refractivity contribution in [2.45, 2.75) is 25.3 Å². The number of hydrogen-bond donors (Lipinski definition) is 0. The highest BCUT2D eigenvalue weighted by Crippen LogP contribution is 2.31. The molecule has 4 heteroatoms. The van der Waals surface area contributed by atoms with Crippen molar-refractivity contribution in [1.82, 2.24) is 4.90 Å². The summed E-state index contributed by atoms with van der Waals surface area (Å²) >= 11 is 0. The number of rotatable bonds is 4. The van der Waals surface area contributed by atoms with Gasteiger partial charge in [-0.25, -0.2) is 9.69 Å². The van der Waals surface area contributed by atoms with Gasteiger partial charge in [-0.05, 0) is 27.8 Å². The predicted octanol–water partition coefficient (Wildman–Crippen LogP) is 5.05. The van der Waals surface area contributed by atoms with Crippen LogP contribution in [0.2, 0.25) is 0 Å². The van der Waals surface area contributed by atoms with E-state index in [9.17, 15) is 9.59 Å². The molecule has 136 valence electrons. The lowest BCUT2D eigenvalue weighted by Crippen LogP contribution is -2.34. The summed E-state index contributed by atoms with van der Waals surface area (Å²) in [5.41, 5.74) is 2.00. The van der Waals surface area contributed by atoms with Gasteiger partial charge < -0.3 is 4.74 Å². The molecule has 1 heterocycles. The molecule has 0 saturated carbocycles. The van der Waals surface area contributed by atoms with E-state index in [1.54, 1.807) is 0 Å². The number of benzene rings is 3. The Hall–Kier alpha value is -3.14. The van der Waals surface area contributed by atoms with Crippen LogP contribution >= 0.6 is 0 Å². The van der Waals surface area contributed by atoms with Gasteiger partial charge in [-0.3, -0.25) is 4.79 Å². The molecule has 2 amide bonds. The molecule has 1 saturated heterocycles. The van der Waals surface area contributed by atoms with E-state index >= 15 is 0 Å². The molecule has 2 atom stereocenters. The van der Waals surface area contributed by atoms with Crippen molar-refractivity contribution in [3.63, 3.8) is 0 Å². The monoisotopic (exact) mass is 359 g/mol. The summed E-state index contributed by atoms with van der Waals surface area (Å²) in [6.45, 7) is 2.22. The first-order valence-corrected chi connectivity index (χ1v) is 9.16. The van der Waals surface area contributed by atoms with E-state index in [1.165, 1.54) is 10.3 Å². The summed E-state index contributed by atoms with van der Waals surface area (Å²) in [7, 11) is 0. The van der Waals surface area contributed by atoms with Gasteiger partial charge in [-0.2, -0.15) is 0 Å². The number of hydrogen-bond acceptors (Lipinski definition) is 3.